The largest absolute Gasteiger partial charge is 0.435 e. The molecule has 6 heteroatoms. The molecule has 0 bridgehead atoms. The topological polar surface area (TPSA) is 58.6 Å². The predicted molar refractivity (Wildman–Crippen MR) is 75.5 cm³/mol. The average molecular weight is 301 g/mol. The highest BCUT2D eigenvalue weighted by molar-refractivity contribution is 5.94. The van der Waals surface area contributed by atoms with Crippen LogP contribution < -0.4 is 10.1 Å². The maximum Gasteiger partial charge on any atom is 0.387 e. The molecule has 118 valence electrons. The van der Waals surface area contributed by atoms with E-state index in [4.69, 9.17) is 0 Å². The Morgan fingerprint density at radius 3 is 2.29 bits per heavy atom. The SMILES string of the molecule is CCC(CC)(CO)CNC(=O)c1ccc(OC(F)F)cc1. The van der Waals surface area contributed by atoms with Crippen LogP contribution in [-0.4, -0.2) is 30.8 Å². The van der Waals surface area contributed by atoms with Crippen molar-refractivity contribution < 1.29 is 23.4 Å². The molecule has 1 aromatic carbocycles. The van der Waals surface area contributed by atoms with Crippen molar-refractivity contribution in [1.29, 1.82) is 0 Å². The molecule has 0 atom stereocenters. The molecule has 0 fully saturated rings. The van der Waals surface area contributed by atoms with Gasteiger partial charge >= 0.3 is 6.61 Å². The number of hydrogen-bond acceptors (Lipinski definition) is 3. The average Bonchev–Trinajstić information content (AvgIpc) is 2.49. The van der Waals surface area contributed by atoms with Crippen molar-refractivity contribution in [2.45, 2.75) is 33.3 Å². The smallest absolute Gasteiger partial charge is 0.387 e. The van der Waals surface area contributed by atoms with Gasteiger partial charge in [-0.3, -0.25) is 4.79 Å². The number of ether oxygens (including phenoxy) is 1. The first-order valence-electron chi connectivity index (χ1n) is 6.90. The first kappa shape index (κ1) is 17.4. The molecule has 0 aromatic heterocycles. The van der Waals surface area contributed by atoms with Crippen LogP contribution in [0.15, 0.2) is 24.3 Å². The van der Waals surface area contributed by atoms with E-state index < -0.39 is 6.61 Å². The lowest BCUT2D eigenvalue weighted by Crippen LogP contribution is -2.39. The number of aliphatic hydroxyl groups excluding tert-OH is 1. The number of carbonyl (C=O) groups is 1. The Morgan fingerprint density at radius 2 is 1.86 bits per heavy atom. The third kappa shape index (κ3) is 4.97. The van der Waals surface area contributed by atoms with Crippen molar-refractivity contribution in [3.8, 4) is 5.75 Å². The number of hydrogen-bond donors (Lipinski definition) is 2. The van der Waals surface area contributed by atoms with Crippen LogP contribution in [0.25, 0.3) is 0 Å². The summed E-state index contributed by atoms with van der Waals surface area (Å²) in [6.07, 6.45) is 1.50. The van der Waals surface area contributed by atoms with E-state index in [-0.39, 0.29) is 23.7 Å². The highest BCUT2D eigenvalue weighted by Gasteiger charge is 2.25. The summed E-state index contributed by atoms with van der Waals surface area (Å²) >= 11 is 0. The molecule has 0 unspecified atom stereocenters. The van der Waals surface area contributed by atoms with Gasteiger partial charge in [-0.15, -0.1) is 0 Å². The molecule has 1 amide bonds. The van der Waals surface area contributed by atoms with Gasteiger partial charge in [0.2, 0.25) is 0 Å². The molecule has 0 heterocycles. The lowest BCUT2D eigenvalue weighted by atomic mass is 9.83. The maximum atomic E-state index is 12.0. The van der Waals surface area contributed by atoms with Crippen LogP contribution in [0.1, 0.15) is 37.0 Å². The monoisotopic (exact) mass is 301 g/mol. The van der Waals surface area contributed by atoms with Crippen molar-refractivity contribution in [3.05, 3.63) is 29.8 Å². The molecule has 0 spiro atoms. The van der Waals surface area contributed by atoms with Gasteiger partial charge in [-0.2, -0.15) is 8.78 Å². The van der Waals surface area contributed by atoms with Crippen LogP contribution in [0.3, 0.4) is 0 Å². The second-order valence-electron chi connectivity index (χ2n) is 4.95. The van der Waals surface area contributed by atoms with E-state index in [1.165, 1.54) is 24.3 Å². The van der Waals surface area contributed by atoms with Crippen LogP contribution in [0.4, 0.5) is 8.78 Å². The zero-order valence-electron chi connectivity index (χ0n) is 12.2. The molecular formula is C15H21F2NO3. The molecule has 4 nitrogen and oxygen atoms in total. The molecule has 1 aromatic rings. The lowest BCUT2D eigenvalue weighted by molar-refractivity contribution is -0.0498. The highest BCUT2D eigenvalue weighted by atomic mass is 19.3. The van der Waals surface area contributed by atoms with Gasteiger partial charge in [-0.05, 0) is 37.1 Å². The van der Waals surface area contributed by atoms with Crippen molar-refractivity contribution in [3.63, 3.8) is 0 Å². The summed E-state index contributed by atoms with van der Waals surface area (Å²) in [6.45, 7) is 1.40. The first-order chi connectivity index (χ1) is 9.96. The Balaban J connectivity index is 2.63. The third-order valence-corrected chi connectivity index (χ3v) is 3.80. The highest BCUT2D eigenvalue weighted by Crippen LogP contribution is 2.24. The van der Waals surface area contributed by atoms with Crippen molar-refractivity contribution in [2.24, 2.45) is 5.41 Å². The van der Waals surface area contributed by atoms with Gasteiger partial charge in [0.05, 0.1) is 6.61 Å². The molecule has 0 saturated heterocycles. The number of alkyl halides is 2. The quantitative estimate of drug-likeness (QED) is 0.776. The zero-order valence-corrected chi connectivity index (χ0v) is 12.2. The number of halogens is 2. The van der Waals surface area contributed by atoms with Gasteiger partial charge in [0.1, 0.15) is 5.75 Å². The summed E-state index contributed by atoms with van der Waals surface area (Å²) in [6, 6.07) is 5.48. The molecule has 21 heavy (non-hydrogen) atoms. The maximum absolute atomic E-state index is 12.0. The molecule has 0 aliphatic rings. The summed E-state index contributed by atoms with van der Waals surface area (Å²) in [5, 5.41) is 12.2. The van der Waals surface area contributed by atoms with E-state index in [0.717, 1.165) is 12.8 Å². The van der Waals surface area contributed by atoms with Crippen LogP contribution in [0.2, 0.25) is 0 Å². The number of rotatable bonds is 8. The summed E-state index contributed by atoms with van der Waals surface area (Å²) in [5.74, 6) is -0.299. The second-order valence-corrected chi connectivity index (χ2v) is 4.95. The van der Waals surface area contributed by atoms with Gasteiger partial charge in [0.25, 0.3) is 5.91 Å². The van der Waals surface area contributed by atoms with Gasteiger partial charge in [0, 0.05) is 17.5 Å². The van der Waals surface area contributed by atoms with Crippen LogP contribution in [0, 0.1) is 5.41 Å². The molecule has 0 aliphatic carbocycles. The zero-order chi connectivity index (χ0) is 15.9. The van der Waals surface area contributed by atoms with Gasteiger partial charge in [0.15, 0.2) is 0 Å². The summed E-state index contributed by atoms with van der Waals surface area (Å²) in [7, 11) is 0. The minimum absolute atomic E-state index is 0.00143. The Hall–Kier alpha value is -1.69. The van der Waals surface area contributed by atoms with Crippen molar-refractivity contribution >= 4 is 5.91 Å². The molecule has 0 radical (unpaired) electrons. The number of amides is 1. The van der Waals surface area contributed by atoms with Crippen LogP contribution in [-0.2, 0) is 0 Å². The van der Waals surface area contributed by atoms with Crippen LogP contribution in [0.5, 0.6) is 5.75 Å². The Kier molecular flexibility index (Phi) is 6.55. The standard InChI is InChI=1S/C15H21F2NO3/c1-3-15(4-2,10-19)9-18-13(20)11-5-7-12(8-6-11)21-14(16)17/h5-8,14,19H,3-4,9-10H2,1-2H3,(H,18,20). The summed E-state index contributed by atoms with van der Waals surface area (Å²) in [4.78, 5) is 12.0. The fourth-order valence-electron chi connectivity index (χ4n) is 1.94. The van der Waals surface area contributed by atoms with Crippen molar-refractivity contribution in [2.75, 3.05) is 13.2 Å². The molecule has 0 aliphatic heterocycles. The van der Waals surface area contributed by atoms with E-state index in [2.05, 4.69) is 10.1 Å². The van der Waals surface area contributed by atoms with E-state index in [0.29, 0.717) is 12.1 Å². The number of aliphatic hydroxyl groups is 1. The first-order valence-corrected chi connectivity index (χ1v) is 6.90. The molecule has 1 rings (SSSR count). The van der Waals surface area contributed by atoms with Crippen molar-refractivity contribution in [1.82, 2.24) is 5.32 Å². The lowest BCUT2D eigenvalue weighted by Gasteiger charge is -2.29. The third-order valence-electron chi connectivity index (χ3n) is 3.80. The van der Waals surface area contributed by atoms with E-state index in [9.17, 15) is 18.7 Å². The van der Waals surface area contributed by atoms with E-state index in [1.54, 1.807) is 0 Å². The Labute approximate surface area is 123 Å². The minimum Gasteiger partial charge on any atom is -0.435 e. The molecule has 0 saturated carbocycles. The number of nitrogens with one attached hydrogen (secondary N) is 1. The Bertz CT molecular complexity index is 436. The van der Waals surface area contributed by atoms with Gasteiger partial charge in [-0.1, -0.05) is 13.8 Å². The van der Waals surface area contributed by atoms with Gasteiger partial charge < -0.3 is 15.2 Å². The van der Waals surface area contributed by atoms with Gasteiger partial charge in [-0.25, -0.2) is 0 Å². The fourth-order valence-corrected chi connectivity index (χ4v) is 1.94. The number of carbonyl (C=O) groups excluding carboxylic acids is 1. The second kappa shape index (κ2) is 7.93. The van der Waals surface area contributed by atoms with E-state index >= 15 is 0 Å². The normalized spacial score (nSPS) is 11.5. The molecule has 2 N–H and O–H groups in total. The predicted octanol–water partition coefficient (Wildman–Crippen LogP) is 2.82. The fraction of sp³-hybridized carbons (Fsp3) is 0.533. The van der Waals surface area contributed by atoms with E-state index in [1.807, 2.05) is 13.8 Å². The Morgan fingerprint density at radius 1 is 1.29 bits per heavy atom. The summed E-state index contributed by atoms with van der Waals surface area (Å²) < 4.78 is 28.3. The minimum atomic E-state index is -2.89. The summed E-state index contributed by atoms with van der Waals surface area (Å²) in [5.41, 5.74) is 0.0321. The van der Waals surface area contributed by atoms with Crippen LogP contribution >= 0.6 is 0 Å². The molecular weight excluding hydrogens is 280 g/mol. The number of benzene rings is 1.